The monoisotopic (exact) mass is 230 g/mol. The van der Waals surface area contributed by atoms with Crippen LogP contribution in [0.3, 0.4) is 0 Å². The van der Waals surface area contributed by atoms with Crippen LogP contribution in [0.5, 0.6) is 0 Å². The van der Waals surface area contributed by atoms with Gasteiger partial charge in [0.1, 0.15) is 0 Å². The number of carbonyl (C=O) groups is 1. The Kier molecular flexibility index (Phi) is 2.71. The first kappa shape index (κ1) is 10.8. The Balaban J connectivity index is 2.41. The fraction of sp³-hybridized carbons (Fsp3) is 0.167. The van der Waals surface area contributed by atoms with Gasteiger partial charge >= 0.3 is 0 Å². The molecular formula is C12H10N2OS. The number of benzene rings is 1. The molecule has 1 N–H and O–H groups in total. The van der Waals surface area contributed by atoms with E-state index >= 15 is 0 Å². The molecule has 1 unspecified atom stereocenters. The number of nitrogens with one attached hydrogen (secondary N) is 1. The van der Waals surface area contributed by atoms with Crippen LogP contribution in [0, 0.1) is 11.3 Å². The summed E-state index contributed by atoms with van der Waals surface area (Å²) < 4.78 is 0. The molecular weight excluding hydrogens is 220 g/mol. The third-order valence-electron chi connectivity index (χ3n) is 2.39. The highest BCUT2D eigenvalue weighted by Gasteiger charge is 2.23. The van der Waals surface area contributed by atoms with E-state index in [0.29, 0.717) is 5.57 Å². The second kappa shape index (κ2) is 4.03. The predicted molar refractivity (Wildman–Crippen MR) is 65.0 cm³/mol. The van der Waals surface area contributed by atoms with Crippen molar-refractivity contribution in [1.82, 2.24) is 0 Å². The molecule has 80 valence electrons. The Hall–Kier alpha value is -1.73. The summed E-state index contributed by atoms with van der Waals surface area (Å²) in [4.78, 5) is 12.5. The average molecular weight is 230 g/mol. The van der Waals surface area contributed by atoms with Crippen molar-refractivity contribution in [3.05, 3.63) is 30.3 Å². The number of nitrogens with zero attached hydrogens (tertiary/aromatic N) is 1. The molecule has 1 heterocycles. The number of hydrogen-bond donors (Lipinski definition) is 1. The fourth-order valence-electron chi connectivity index (χ4n) is 1.46. The van der Waals surface area contributed by atoms with Gasteiger partial charge in [-0.15, -0.1) is 11.8 Å². The number of allylic oxidation sites excluding steroid dienone is 1. The van der Waals surface area contributed by atoms with Crippen molar-refractivity contribution in [2.45, 2.75) is 17.1 Å². The molecule has 1 amide bonds. The summed E-state index contributed by atoms with van der Waals surface area (Å²) in [6.07, 6.45) is 0. The van der Waals surface area contributed by atoms with E-state index in [4.69, 9.17) is 5.26 Å². The second-order valence-electron chi connectivity index (χ2n) is 3.55. The van der Waals surface area contributed by atoms with E-state index in [-0.39, 0.29) is 11.2 Å². The number of thioether (sulfide) groups is 1. The van der Waals surface area contributed by atoms with E-state index in [9.17, 15) is 4.79 Å². The molecule has 0 aliphatic carbocycles. The van der Waals surface area contributed by atoms with Crippen molar-refractivity contribution in [3.63, 3.8) is 0 Å². The van der Waals surface area contributed by atoms with Crippen molar-refractivity contribution in [1.29, 1.82) is 5.26 Å². The molecule has 1 atom stereocenters. The van der Waals surface area contributed by atoms with Gasteiger partial charge in [0.05, 0.1) is 22.6 Å². The maximum absolute atomic E-state index is 11.5. The minimum Gasteiger partial charge on any atom is -0.324 e. The minimum absolute atomic E-state index is 0.00257. The predicted octanol–water partition coefficient (Wildman–Crippen LogP) is 2.66. The molecule has 4 heteroatoms. The van der Waals surface area contributed by atoms with E-state index in [1.165, 1.54) is 11.8 Å². The topological polar surface area (TPSA) is 52.9 Å². The number of hydrogen-bond acceptors (Lipinski definition) is 3. The molecule has 0 fully saturated rings. The number of carbonyl (C=O) groups excluding carboxylic acids is 1. The first-order chi connectivity index (χ1) is 7.61. The summed E-state index contributed by atoms with van der Waals surface area (Å²) in [6, 6.07) is 7.54. The highest BCUT2D eigenvalue weighted by atomic mass is 32.2. The van der Waals surface area contributed by atoms with Crippen LogP contribution >= 0.6 is 11.8 Å². The van der Waals surface area contributed by atoms with Crippen LogP contribution in [-0.2, 0) is 4.79 Å². The largest absolute Gasteiger partial charge is 0.324 e. The Bertz CT molecular complexity index is 516. The summed E-state index contributed by atoms with van der Waals surface area (Å²) >= 11 is 1.52. The number of fused-ring (bicyclic) bond motifs is 1. The van der Waals surface area contributed by atoms with Crippen LogP contribution in [0.2, 0.25) is 0 Å². The first-order valence-electron chi connectivity index (χ1n) is 4.83. The van der Waals surface area contributed by atoms with Gasteiger partial charge < -0.3 is 5.32 Å². The Morgan fingerprint density at radius 1 is 1.62 bits per heavy atom. The standard InChI is InChI=1S/C12H10N2OS/c1-7(6-13)9-3-4-11-10(5-9)14-12(15)8(2)16-11/h3-5,8H,1H2,2H3,(H,14,15). The molecule has 2 rings (SSSR count). The third kappa shape index (κ3) is 1.82. The van der Waals surface area contributed by atoms with E-state index in [2.05, 4.69) is 11.9 Å². The summed E-state index contributed by atoms with van der Waals surface area (Å²) in [5, 5.41) is 11.5. The van der Waals surface area contributed by atoms with Gasteiger partial charge in [-0.25, -0.2) is 0 Å². The summed E-state index contributed by atoms with van der Waals surface area (Å²) in [5.74, 6) is -0.00257. The maximum Gasteiger partial charge on any atom is 0.237 e. The molecule has 0 spiro atoms. The van der Waals surface area contributed by atoms with Gasteiger partial charge in [0.2, 0.25) is 5.91 Å². The van der Waals surface area contributed by atoms with Crippen LogP contribution in [0.4, 0.5) is 5.69 Å². The van der Waals surface area contributed by atoms with E-state index < -0.39 is 0 Å². The van der Waals surface area contributed by atoms with Gasteiger partial charge in [0.15, 0.2) is 0 Å². The van der Waals surface area contributed by atoms with Gasteiger partial charge in [-0.3, -0.25) is 4.79 Å². The number of nitriles is 1. The molecule has 1 aromatic carbocycles. The molecule has 0 aromatic heterocycles. The van der Waals surface area contributed by atoms with E-state index in [1.54, 1.807) is 6.07 Å². The van der Waals surface area contributed by atoms with Gasteiger partial charge in [0, 0.05) is 4.90 Å². The molecule has 1 aliphatic heterocycles. The first-order valence-corrected chi connectivity index (χ1v) is 5.70. The van der Waals surface area contributed by atoms with Crippen LogP contribution in [-0.4, -0.2) is 11.2 Å². The fourth-order valence-corrected chi connectivity index (χ4v) is 2.39. The summed E-state index contributed by atoms with van der Waals surface area (Å²) in [6.45, 7) is 5.51. The lowest BCUT2D eigenvalue weighted by molar-refractivity contribution is -0.115. The average Bonchev–Trinajstić information content (AvgIpc) is 2.29. The zero-order valence-corrected chi connectivity index (χ0v) is 9.60. The third-order valence-corrected chi connectivity index (χ3v) is 3.57. The second-order valence-corrected chi connectivity index (χ2v) is 4.93. The van der Waals surface area contributed by atoms with Crippen LogP contribution in [0.15, 0.2) is 29.7 Å². The lowest BCUT2D eigenvalue weighted by atomic mass is 10.1. The van der Waals surface area contributed by atoms with Crippen molar-refractivity contribution >= 4 is 28.9 Å². The van der Waals surface area contributed by atoms with Gasteiger partial charge in [-0.1, -0.05) is 12.6 Å². The molecule has 0 radical (unpaired) electrons. The molecule has 0 saturated carbocycles. The van der Waals surface area contributed by atoms with Gasteiger partial charge in [0.25, 0.3) is 0 Å². The molecule has 1 aromatic rings. The summed E-state index contributed by atoms with van der Waals surface area (Å²) in [5.41, 5.74) is 1.92. The van der Waals surface area contributed by atoms with E-state index in [0.717, 1.165) is 16.1 Å². The van der Waals surface area contributed by atoms with Gasteiger partial charge in [-0.05, 0) is 24.6 Å². The quantitative estimate of drug-likeness (QED) is 0.754. The van der Waals surface area contributed by atoms with Crippen molar-refractivity contribution < 1.29 is 4.79 Å². The van der Waals surface area contributed by atoms with Gasteiger partial charge in [-0.2, -0.15) is 5.26 Å². The molecule has 0 saturated heterocycles. The Labute approximate surface area is 98.2 Å². The number of anilines is 1. The molecule has 16 heavy (non-hydrogen) atoms. The Morgan fingerprint density at radius 3 is 3.06 bits per heavy atom. The van der Waals surface area contributed by atoms with Crippen LogP contribution in [0.25, 0.3) is 5.57 Å². The molecule has 3 nitrogen and oxygen atoms in total. The number of amides is 1. The minimum atomic E-state index is -0.0717. The highest BCUT2D eigenvalue weighted by molar-refractivity contribution is 8.00. The van der Waals surface area contributed by atoms with E-state index in [1.807, 2.05) is 25.1 Å². The zero-order valence-electron chi connectivity index (χ0n) is 8.78. The molecule has 0 bridgehead atoms. The van der Waals surface area contributed by atoms with Crippen LogP contribution < -0.4 is 5.32 Å². The normalized spacial score (nSPS) is 18.2. The van der Waals surface area contributed by atoms with Crippen molar-refractivity contribution in [2.24, 2.45) is 0 Å². The summed E-state index contributed by atoms with van der Waals surface area (Å²) in [7, 11) is 0. The number of rotatable bonds is 1. The highest BCUT2D eigenvalue weighted by Crippen LogP contribution is 2.36. The van der Waals surface area contributed by atoms with Crippen LogP contribution in [0.1, 0.15) is 12.5 Å². The zero-order chi connectivity index (χ0) is 11.7. The molecule has 1 aliphatic rings. The van der Waals surface area contributed by atoms with Crippen molar-refractivity contribution in [2.75, 3.05) is 5.32 Å². The smallest absolute Gasteiger partial charge is 0.237 e. The SMILES string of the molecule is C=C(C#N)c1ccc2c(c1)NC(=O)C(C)S2. The maximum atomic E-state index is 11.5. The lowest BCUT2D eigenvalue weighted by Gasteiger charge is -2.21. The Morgan fingerprint density at radius 2 is 2.38 bits per heavy atom. The lowest BCUT2D eigenvalue weighted by Crippen LogP contribution is -2.26. The van der Waals surface area contributed by atoms with Crippen molar-refractivity contribution in [3.8, 4) is 6.07 Å².